The van der Waals surface area contributed by atoms with E-state index in [0.717, 1.165) is 17.1 Å². The summed E-state index contributed by atoms with van der Waals surface area (Å²) in [6.45, 7) is 1.75. The van der Waals surface area contributed by atoms with E-state index in [-0.39, 0.29) is 6.10 Å². The minimum atomic E-state index is -0.379. The fourth-order valence-corrected chi connectivity index (χ4v) is 1.36. The summed E-state index contributed by atoms with van der Waals surface area (Å²) in [5, 5.41) is 9.29. The number of benzene rings is 1. The van der Waals surface area contributed by atoms with Crippen LogP contribution in [0.4, 0.5) is 0 Å². The Morgan fingerprint density at radius 3 is 2.50 bits per heavy atom. The molecule has 0 saturated carbocycles. The molecule has 14 heavy (non-hydrogen) atoms. The molecule has 0 amide bonds. The highest BCUT2D eigenvalue weighted by Crippen LogP contribution is 2.24. The Labute approximate surface area is 84.3 Å². The van der Waals surface area contributed by atoms with Crippen molar-refractivity contribution < 1.29 is 14.6 Å². The third kappa shape index (κ3) is 2.64. The zero-order valence-electron chi connectivity index (χ0n) is 8.78. The number of aliphatic hydroxyl groups excluding tert-OH is 1. The van der Waals surface area contributed by atoms with Crippen molar-refractivity contribution in [3.8, 4) is 11.5 Å². The van der Waals surface area contributed by atoms with Crippen LogP contribution < -0.4 is 9.47 Å². The molecule has 0 heterocycles. The molecule has 0 saturated heterocycles. The molecule has 1 aromatic rings. The molecule has 0 spiro atoms. The van der Waals surface area contributed by atoms with Crippen LogP contribution >= 0.6 is 0 Å². The second-order valence-electron chi connectivity index (χ2n) is 3.23. The van der Waals surface area contributed by atoms with Gasteiger partial charge in [0.1, 0.15) is 11.5 Å². The number of rotatable bonds is 4. The first-order chi connectivity index (χ1) is 6.67. The summed E-state index contributed by atoms with van der Waals surface area (Å²) in [6, 6.07) is 5.56. The highest BCUT2D eigenvalue weighted by molar-refractivity contribution is 5.40. The second kappa shape index (κ2) is 4.86. The Kier molecular flexibility index (Phi) is 3.77. The van der Waals surface area contributed by atoms with Gasteiger partial charge in [-0.2, -0.15) is 0 Å². The number of methoxy groups -OCH3 is 2. The summed E-state index contributed by atoms with van der Waals surface area (Å²) in [5.74, 6) is 1.56. The fourth-order valence-electron chi connectivity index (χ4n) is 1.36. The van der Waals surface area contributed by atoms with Crippen LogP contribution in [0.1, 0.15) is 12.5 Å². The Balaban J connectivity index is 2.96. The highest BCUT2D eigenvalue weighted by atomic mass is 16.5. The molecule has 3 nitrogen and oxygen atoms in total. The smallest absolute Gasteiger partial charge is 0.122 e. The molecule has 0 aliphatic heterocycles. The van der Waals surface area contributed by atoms with E-state index in [0.29, 0.717) is 6.42 Å². The first-order valence-corrected chi connectivity index (χ1v) is 4.56. The molecule has 0 aromatic heterocycles. The molecule has 0 fully saturated rings. The van der Waals surface area contributed by atoms with Gasteiger partial charge in [-0.05, 0) is 25.1 Å². The monoisotopic (exact) mass is 196 g/mol. The summed E-state index contributed by atoms with van der Waals surface area (Å²) < 4.78 is 10.3. The summed E-state index contributed by atoms with van der Waals surface area (Å²) in [7, 11) is 3.24. The average molecular weight is 196 g/mol. The molecule has 1 aromatic carbocycles. The van der Waals surface area contributed by atoms with Crippen LogP contribution in [-0.2, 0) is 6.42 Å². The van der Waals surface area contributed by atoms with Crippen molar-refractivity contribution >= 4 is 0 Å². The Morgan fingerprint density at radius 2 is 2.00 bits per heavy atom. The molecular formula is C11H16O3. The van der Waals surface area contributed by atoms with Crippen molar-refractivity contribution in [2.75, 3.05) is 14.2 Å². The number of aliphatic hydroxyl groups is 1. The lowest BCUT2D eigenvalue weighted by molar-refractivity contribution is 0.194. The van der Waals surface area contributed by atoms with Gasteiger partial charge < -0.3 is 14.6 Å². The van der Waals surface area contributed by atoms with Crippen LogP contribution in [0.5, 0.6) is 11.5 Å². The predicted octanol–water partition coefficient (Wildman–Crippen LogP) is 1.63. The minimum Gasteiger partial charge on any atom is -0.497 e. The topological polar surface area (TPSA) is 38.7 Å². The van der Waals surface area contributed by atoms with Crippen molar-refractivity contribution in [3.05, 3.63) is 23.8 Å². The largest absolute Gasteiger partial charge is 0.497 e. The number of hydrogen-bond donors (Lipinski definition) is 1. The normalized spacial score (nSPS) is 12.3. The lowest BCUT2D eigenvalue weighted by Gasteiger charge is -2.11. The molecule has 0 bridgehead atoms. The third-order valence-corrected chi connectivity index (χ3v) is 2.00. The zero-order chi connectivity index (χ0) is 10.6. The van der Waals surface area contributed by atoms with Crippen LogP contribution in [-0.4, -0.2) is 25.4 Å². The van der Waals surface area contributed by atoms with Crippen molar-refractivity contribution in [1.29, 1.82) is 0 Å². The van der Waals surface area contributed by atoms with Gasteiger partial charge in [-0.25, -0.2) is 0 Å². The van der Waals surface area contributed by atoms with Gasteiger partial charge in [-0.15, -0.1) is 0 Å². The standard InChI is InChI=1S/C11H16O3/c1-8(12)6-9-7-10(13-2)4-5-11(9)14-3/h4-5,7-8,12H,6H2,1-3H3. The average Bonchev–Trinajstić information content (AvgIpc) is 2.16. The number of hydrogen-bond acceptors (Lipinski definition) is 3. The van der Waals surface area contributed by atoms with Gasteiger partial charge in [0.25, 0.3) is 0 Å². The molecular weight excluding hydrogens is 180 g/mol. The van der Waals surface area contributed by atoms with Crippen molar-refractivity contribution in [2.24, 2.45) is 0 Å². The van der Waals surface area contributed by atoms with E-state index in [1.165, 1.54) is 0 Å². The molecule has 0 aliphatic rings. The summed E-state index contributed by atoms with van der Waals surface area (Å²) >= 11 is 0. The van der Waals surface area contributed by atoms with Crippen LogP contribution in [0.15, 0.2) is 18.2 Å². The zero-order valence-corrected chi connectivity index (χ0v) is 8.78. The van der Waals surface area contributed by atoms with Gasteiger partial charge in [-0.1, -0.05) is 0 Å². The van der Waals surface area contributed by atoms with Gasteiger partial charge in [-0.3, -0.25) is 0 Å². The molecule has 0 aliphatic carbocycles. The van der Waals surface area contributed by atoms with E-state index in [2.05, 4.69) is 0 Å². The maximum Gasteiger partial charge on any atom is 0.122 e. The van der Waals surface area contributed by atoms with Crippen LogP contribution in [0.2, 0.25) is 0 Å². The van der Waals surface area contributed by atoms with Crippen molar-refractivity contribution in [2.45, 2.75) is 19.4 Å². The van der Waals surface area contributed by atoms with E-state index in [1.807, 2.05) is 18.2 Å². The molecule has 1 N–H and O–H groups in total. The fraction of sp³-hybridized carbons (Fsp3) is 0.455. The van der Waals surface area contributed by atoms with Gasteiger partial charge >= 0.3 is 0 Å². The van der Waals surface area contributed by atoms with E-state index in [1.54, 1.807) is 21.1 Å². The van der Waals surface area contributed by atoms with Crippen LogP contribution in [0, 0.1) is 0 Å². The van der Waals surface area contributed by atoms with E-state index < -0.39 is 0 Å². The van der Waals surface area contributed by atoms with Crippen LogP contribution in [0.25, 0.3) is 0 Å². The SMILES string of the molecule is COc1ccc(OC)c(CC(C)O)c1. The molecule has 0 radical (unpaired) electrons. The molecule has 1 unspecified atom stereocenters. The van der Waals surface area contributed by atoms with E-state index in [4.69, 9.17) is 9.47 Å². The van der Waals surface area contributed by atoms with Gasteiger partial charge in [0.15, 0.2) is 0 Å². The van der Waals surface area contributed by atoms with Crippen molar-refractivity contribution in [3.63, 3.8) is 0 Å². The minimum absolute atomic E-state index is 0.379. The Bertz CT molecular complexity index is 295. The van der Waals surface area contributed by atoms with E-state index >= 15 is 0 Å². The Hall–Kier alpha value is -1.22. The molecule has 1 rings (SSSR count). The van der Waals surface area contributed by atoms with Gasteiger partial charge in [0, 0.05) is 12.0 Å². The lowest BCUT2D eigenvalue weighted by atomic mass is 10.1. The first-order valence-electron chi connectivity index (χ1n) is 4.56. The quantitative estimate of drug-likeness (QED) is 0.795. The second-order valence-corrected chi connectivity index (χ2v) is 3.23. The Morgan fingerprint density at radius 1 is 1.29 bits per heavy atom. The van der Waals surface area contributed by atoms with Gasteiger partial charge in [0.05, 0.1) is 20.3 Å². The van der Waals surface area contributed by atoms with Crippen LogP contribution in [0.3, 0.4) is 0 Å². The maximum atomic E-state index is 9.29. The van der Waals surface area contributed by atoms with E-state index in [9.17, 15) is 5.11 Å². The molecule has 3 heteroatoms. The lowest BCUT2D eigenvalue weighted by Crippen LogP contribution is -2.05. The number of ether oxygens (including phenoxy) is 2. The third-order valence-electron chi connectivity index (χ3n) is 2.00. The summed E-state index contributed by atoms with van der Waals surface area (Å²) in [4.78, 5) is 0. The van der Waals surface area contributed by atoms with Gasteiger partial charge in [0.2, 0.25) is 0 Å². The highest BCUT2D eigenvalue weighted by Gasteiger charge is 2.07. The summed E-state index contributed by atoms with van der Waals surface area (Å²) in [6.07, 6.45) is 0.191. The summed E-state index contributed by atoms with van der Waals surface area (Å²) in [5.41, 5.74) is 0.960. The van der Waals surface area contributed by atoms with Crippen molar-refractivity contribution in [1.82, 2.24) is 0 Å². The molecule has 78 valence electrons. The predicted molar refractivity (Wildman–Crippen MR) is 54.9 cm³/mol. The molecule has 1 atom stereocenters. The first kappa shape index (κ1) is 10.9. The maximum absolute atomic E-state index is 9.29.